The largest absolute Gasteiger partial charge is 0.396 e. The van der Waals surface area contributed by atoms with Crippen molar-refractivity contribution in [2.75, 3.05) is 6.61 Å². The Morgan fingerprint density at radius 2 is 2.13 bits per heavy atom. The predicted molar refractivity (Wildman–Crippen MR) is 61.1 cm³/mol. The summed E-state index contributed by atoms with van der Waals surface area (Å²) < 4.78 is 0. The second kappa shape index (κ2) is 4.85. The van der Waals surface area contributed by atoms with Crippen LogP contribution in [0.3, 0.4) is 0 Å². The normalized spacial score (nSPS) is 14.3. The zero-order valence-corrected chi connectivity index (χ0v) is 9.81. The number of nitriles is 1. The van der Waals surface area contributed by atoms with Crippen molar-refractivity contribution >= 4 is 23.2 Å². The van der Waals surface area contributed by atoms with Gasteiger partial charge in [0.25, 0.3) is 0 Å². The zero-order chi connectivity index (χ0) is 11.5. The lowest BCUT2D eigenvalue weighted by atomic mass is 9.81. The highest BCUT2D eigenvalue weighted by Crippen LogP contribution is 2.33. The number of benzene rings is 1. The molecule has 0 aliphatic carbocycles. The van der Waals surface area contributed by atoms with E-state index in [9.17, 15) is 0 Å². The summed E-state index contributed by atoms with van der Waals surface area (Å²) >= 11 is 11.8. The van der Waals surface area contributed by atoms with E-state index in [1.54, 1.807) is 25.1 Å². The molecule has 0 aromatic heterocycles. The Hall–Kier alpha value is -0.750. The SMILES string of the molecule is CC(C#N)(CCO)c1ccc(Cl)cc1Cl. The van der Waals surface area contributed by atoms with E-state index >= 15 is 0 Å². The third-order valence-electron chi connectivity index (χ3n) is 2.38. The number of rotatable bonds is 3. The van der Waals surface area contributed by atoms with Crippen molar-refractivity contribution in [2.45, 2.75) is 18.8 Å². The minimum Gasteiger partial charge on any atom is -0.396 e. The van der Waals surface area contributed by atoms with Crippen LogP contribution in [0.25, 0.3) is 0 Å². The van der Waals surface area contributed by atoms with Gasteiger partial charge in [-0.05, 0) is 31.0 Å². The second-order valence-corrected chi connectivity index (χ2v) is 4.39. The molecule has 0 saturated heterocycles. The third-order valence-corrected chi connectivity index (χ3v) is 2.93. The fraction of sp³-hybridized carbons (Fsp3) is 0.364. The maximum atomic E-state index is 9.11. The smallest absolute Gasteiger partial charge is 0.0830 e. The van der Waals surface area contributed by atoms with Gasteiger partial charge < -0.3 is 5.11 Å². The van der Waals surface area contributed by atoms with Crippen LogP contribution < -0.4 is 0 Å². The van der Waals surface area contributed by atoms with Gasteiger partial charge in [-0.3, -0.25) is 0 Å². The summed E-state index contributed by atoms with van der Waals surface area (Å²) in [6, 6.07) is 7.19. The Bertz CT molecular complexity index is 400. The average Bonchev–Trinajstić information content (AvgIpc) is 2.17. The zero-order valence-electron chi connectivity index (χ0n) is 8.30. The van der Waals surface area contributed by atoms with Gasteiger partial charge in [-0.2, -0.15) is 5.26 Å². The number of hydrogen-bond acceptors (Lipinski definition) is 2. The van der Waals surface area contributed by atoms with E-state index in [0.29, 0.717) is 22.0 Å². The molecule has 0 aliphatic rings. The Morgan fingerprint density at radius 1 is 1.47 bits per heavy atom. The van der Waals surface area contributed by atoms with E-state index in [1.165, 1.54) is 0 Å². The van der Waals surface area contributed by atoms with Crippen LogP contribution in [-0.4, -0.2) is 11.7 Å². The molecule has 1 N–H and O–H groups in total. The van der Waals surface area contributed by atoms with Crippen LogP contribution in [0.1, 0.15) is 18.9 Å². The summed E-state index contributed by atoms with van der Waals surface area (Å²) in [5.74, 6) is 0. The number of aliphatic hydroxyl groups excluding tert-OH is 1. The van der Waals surface area contributed by atoms with Gasteiger partial charge in [-0.1, -0.05) is 29.3 Å². The van der Waals surface area contributed by atoms with Crippen LogP contribution in [0.5, 0.6) is 0 Å². The monoisotopic (exact) mass is 243 g/mol. The molecule has 80 valence electrons. The van der Waals surface area contributed by atoms with Gasteiger partial charge >= 0.3 is 0 Å². The lowest BCUT2D eigenvalue weighted by molar-refractivity contribution is 0.264. The first-order valence-electron chi connectivity index (χ1n) is 4.51. The van der Waals surface area contributed by atoms with Crippen LogP contribution in [0.4, 0.5) is 0 Å². The van der Waals surface area contributed by atoms with Crippen molar-refractivity contribution in [2.24, 2.45) is 0 Å². The number of aliphatic hydroxyl groups is 1. The first kappa shape index (κ1) is 12.3. The van der Waals surface area contributed by atoms with Crippen LogP contribution in [0, 0.1) is 11.3 Å². The van der Waals surface area contributed by atoms with E-state index in [4.69, 9.17) is 33.6 Å². The first-order valence-corrected chi connectivity index (χ1v) is 5.27. The van der Waals surface area contributed by atoms with E-state index in [-0.39, 0.29) is 6.61 Å². The minimum atomic E-state index is -0.767. The summed E-state index contributed by atoms with van der Waals surface area (Å²) in [6.07, 6.45) is 0.352. The molecule has 0 amide bonds. The van der Waals surface area contributed by atoms with Crippen molar-refractivity contribution in [1.29, 1.82) is 5.26 Å². The summed E-state index contributed by atoms with van der Waals surface area (Å²) in [7, 11) is 0. The molecule has 1 rings (SSSR count). The van der Waals surface area contributed by atoms with Gasteiger partial charge in [0, 0.05) is 16.7 Å². The van der Waals surface area contributed by atoms with Gasteiger partial charge in [-0.25, -0.2) is 0 Å². The lowest BCUT2D eigenvalue weighted by Gasteiger charge is -2.22. The highest BCUT2D eigenvalue weighted by Gasteiger charge is 2.28. The minimum absolute atomic E-state index is 0.0526. The number of halogens is 2. The third kappa shape index (κ3) is 2.63. The molecule has 1 aromatic carbocycles. The molecule has 0 saturated carbocycles. The lowest BCUT2D eigenvalue weighted by Crippen LogP contribution is -2.21. The molecular formula is C11H11Cl2NO. The highest BCUT2D eigenvalue weighted by molar-refractivity contribution is 6.35. The predicted octanol–water partition coefficient (Wildman–Crippen LogP) is 3.16. The van der Waals surface area contributed by atoms with Gasteiger partial charge in [0.15, 0.2) is 0 Å². The fourth-order valence-electron chi connectivity index (χ4n) is 1.41. The summed E-state index contributed by atoms with van der Waals surface area (Å²) in [4.78, 5) is 0. The van der Waals surface area contributed by atoms with E-state index in [2.05, 4.69) is 6.07 Å². The summed E-state index contributed by atoms with van der Waals surface area (Å²) in [5.41, 5.74) is -0.0683. The van der Waals surface area contributed by atoms with Crippen molar-refractivity contribution in [3.05, 3.63) is 33.8 Å². The molecule has 4 heteroatoms. The molecule has 1 atom stereocenters. The van der Waals surface area contributed by atoms with Crippen LogP contribution in [0.2, 0.25) is 10.0 Å². The Kier molecular flexibility index (Phi) is 3.98. The van der Waals surface area contributed by atoms with E-state index < -0.39 is 5.41 Å². The molecule has 1 aromatic rings. The standard InChI is InChI=1S/C11H11Cl2NO/c1-11(7-14,4-5-15)9-3-2-8(12)6-10(9)13/h2-3,6,15H,4-5H2,1H3. The van der Waals surface area contributed by atoms with E-state index in [1.807, 2.05) is 0 Å². The molecular weight excluding hydrogens is 233 g/mol. The van der Waals surface area contributed by atoms with Gasteiger partial charge in [0.1, 0.15) is 0 Å². The number of hydrogen-bond donors (Lipinski definition) is 1. The molecule has 0 bridgehead atoms. The van der Waals surface area contributed by atoms with Crippen molar-refractivity contribution in [3.63, 3.8) is 0 Å². The summed E-state index contributed by atoms with van der Waals surface area (Å²) in [5, 5.41) is 19.0. The maximum absolute atomic E-state index is 9.11. The molecule has 15 heavy (non-hydrogen) atoms. The van der Waals surface area contributed by atoms with Crippen LogP contribution in [-0.2, 0) is 5.41 Å². The second-order valence-electron chi connectivity index (χ2n) is 3.54. The summed E-state index contributed by atoms with van der Waals surface area (Å²) in [6.45, 7) is 1.70. The Labute approximate surface area is 99.0 Å². The van der Waals surface area contributed by atoms with Crippen LogP contribution >= 0.6 is 23.2 Å². The van der Waals surface area contributed by atoms with Gasteiger partial charge in [0.2, 0.25) is 0 Å². The van der Waals surface area contributed by atoms with Gasteiger partial charge in [0.05, 0.1) is 11.5 Å². The number of nitrogens with zero attached hydrogens (tertiary/aromatic N) is 1. The van der Waals surface area contributed by atoms with Gasteiger partial charge in [-0.15, -0.1) is 0 Å². The first-order chi connectivity index (χ1) is 7.03. The average molecular weight is 244 g/mol. The quantitative estimate of drug-likeness (QED) is 0.887. The Morgan fingerprint density at radius 3 is 2.60 bits per heavy atom. The topological polar surface area (TPSA) is 44.0 Å². The molecule has 0 spiro atoms. The molecule has 2 nitrogen and oxygen atoms in total. The van der Waals surface area contributed by atoms with Crippen LogP contribution in [0.15, 0.2) is 18.2 Å². The van der Waals surface area contributed by atoms with Crippen molar-refractivity contribution in [3.8, 4) is 6.07 Å². The Balaban J connectivity index is 3.19. The maximum Gasteiger partial charge on any atom is 0.0830 e. The molecule has 0 radical (unpaired) electrons. The highest BCUT2D eigenvalue weighted by atomic mass is 35.5. The van der Waals surface area contributed by atoms with Crippen molar-refractivity contribution in [1.82, 2.24) is 0 Å². The molecule has 1 unspecified atom stereocenters. The molecule has 0 fully saturated rings. The van der Waals surface area contributed by atoms with Crippen molar-refractivity contribution < 1.29 is 5.11 Å². The van der Waals surface area contributed by atoms with E-state index in [0.717, 1.165) is 0 Å². The molecule has 0 aliphatic heterocycles. The molecule has 0 heterocycles. The fourth-order valence-corrected chi connectivity index (χ4v) is 2.03.